The number of benzene rings is 2. The molecule has 0 aromatic heterocycles. The van der Waals surface area contributed by atoms with Gasteiger partial charge in [0.25, 0.3) is 0 Å². The molecule has 0 aliphatic rings. The first-order valence-corrected chi connectivity index (χ1v) is 8.44. The highest BCUT2D eigenvalue weighted by molar-refractivity contribution is 9.10. The minimum atomic E-state index is -0.811. The van der Waals surface area contributed by atoms with Crippen LogP contribution in [0.4, 0.5) is 8.78 Å². The Balaban J connectivity index is 2.09. The molecule has 0 amide bonds. The van der Waals surface area contributed by atoms with Crippen molar-refractivity contribution in [1.29, 1.82) is 0 Å². The van der Waals surface area contributed by atoms with E-state index >= 15 is 0 Å². The van der Waals surface area contributed by atoms with E-state index in [4.69, 9.17) is 0 Å². The van der Waals surface area contributed by atoms with Gasteiger partial charge in [-0.1, -0.05) is 35.0 Å². The zero-order valence-electron chi connectivity index (χ0n) is 11.6. The Bertz CT molecular complexity index is 607. The first kappa shape index (κ1) is 16.5. The molecule has 112 valence electrons. The van der Waals surface area contributed by atoms with E-state index in [9.17, 15) is 8.78 Å². The summed E-state index contributed by atoms with van der Waals surface area (Å²) in [7, 11) is 0. The Labute approximate surface area is 136 Å². The van der Waals surface area contributed by atoms with Crippen molar-refractivity contribution in [2.45, 2.75) is 17.9 Å². The van der Waals surface area contributed by atoms with Crippen molar-refractivity contribution in [3.05, 3.63) is 64.1 Å². The largest absolute Gasteiger partial charge is 0.309 e. The fraction of sp³-hybridized carbons (Fsp3) is 0.250. The van der Waals surface area contributed by atoms with E-state index in [2.05, 4.69) is 21.2 Å². The van der Waals surface area contributed by atoms with Gasteiger partial charge in [-0.15, -0.1) is 11.8 Å². The molecular weight excluding hydrogens is 356 g/mol. The van der Waals surface area contributed by atoms with Crippen LogP contribution in [0.3, 0.4) is 0 Å². The van der Waals surface area contributed by atoms with Crippen LogP contribution in [0.25, 0.3) is 0 Å². The second kappa shape index (κ2) is 7.92. The maximum atomic E-state index is 13.4. The van der Waals surface area contributed by atoms with Crippen LogP contribution in [0.5, 0.6) is 0 Å². The first-order chi connectivity index (χ1) is 10.1. The molecule has 0 aliphatic carbocycles. The van der Waals surface area contributed by atoms with Crippen molar-refractivity contribution in [3.8, 4) is 0 Å². The number of halogens is 3. The average Bonchev–Trinajstić information content (AvgIpc) is 2.46. The number of hydrogen-bond acceptors (Lipinski definition) is 2. The van der Waals surface area contributed by atoms with Gasteiger partial charge in [0, 0.05) is 21.2 Å². The standard InChI is InChI=1S/C16H16BrF2NS/c1-2-20-16(11-6-7-14(18)15(19)8-11)10-21-13-5-3-4-12(17)9-13/h3-9,16,20H,2,10H2,1H3. The van der Waals surface area contributed by atoms with Crippen molar-refractivity contribution in [2.24, 2.45) is 0 Å². The van der Waals surface area contributed by atoms with Gasteiger partial charge in [0.05, 0.1) is 0 Å². The minimum Gasteiger partial charge on any atom is -0.309 e. The summed E-state index contributed by atoms with van der Waals surface area (Å²) in [6.07, 6.45) is 0. The molecule has 1 nitrogen and oxygen atoms in total. The lowest BCUT2D eigenvalue weighted by atomic mass is 10.1. The molecule has 0 saturated carbocycles. The van der Waals surface area contributed by atoms with Gasteiger partial charge in [0.15, 0.2) is 11.6 Å². The molecule has 0 spiro atoms. The Kier molecular flexibility index (Phi) is 6.21. The van der Waals surface area contributed by atoms with Crippen molar-refractivity contribution >= 4 is 27.7 Å². The van der Waals surface area contributed by atoms with Gasteiger partial charge in [-0.05, 0) is 42.4 Å². The molecule has 1 unspecified atom stereocenters. The van der Waals surface area contributed by atoms with E-state index in [0.717, 1.165) is 27.2 Å². The molecule has 21 heavy (non-hydrogen) atoms. The third-order valence-corrected chi connectivity index (χ3v) is 4.59. The van der Waals surface area contributed by atoms with E-state index in [-0.39, 0.29) is 6.04 Å². The maximum Gasteiger partial charge on any atom is 0.159 e. The van der Waals surface area contributed by atoms with Crippen LogP contribution in [-0.2, 0) is 0 Å². The van der Waals surface area contributed by atoms with Gasteiger partial charge in [-0.2, -0.15) is 0 Å². The van der Waals surface area contributed by atoms with Crippen molar-refractivity contribution in [2.75, 3.05) is 12.3 Å². The van der Waals surface area contributed by atoms with Crippen LogP contribution < -0.4 is 5.32 Å². The molecule has 0 radical (unpaired) electrons. The van der Waals surface area contributed by atoms with Crippen LogP contribution in [0, 0.1) is 11.6 Å². The molecule has 0 fully saturated rings. The highest BCUT2D eigenvalue weighted by atomic mass is 79.9. The van der Waals surface area contributed by atoms with Crippen molar-refractivity contribution < 1.29 is 8.78 Å². The van der Waals surface area contributed by atoms with Crippen LogP contribution in [0.2, 0.25) is 0 Å². The van der Waals surface area contributed by atoms with Crippen molar-refractivity contribution in [3.63, 3.8) is 0 Å². The van der Waals surface area contributed by atoms with Gasteiger partial charge >= 0.3 is 0 Å². The first-order valence-electron chi connectivity index (χ1n) is 6.67. The summed E-state index contributed by atoms with van der Waals surface area (Å²) < 4.78 is 27.4. The quantitative estimate of drug-likeness (QED) is 0.702. The number of hydrogen-bond donors (Lipinski definition) is 1. The second-order valence-electron chi connectivity index (χ2n) is 4.55. The third kappa shape index (κ3) is 4.80. The number of thioether (sulfide) groups is 1. The summed E-state index contributed by atoms with van der Waals surface area (Å²) in [4.78, 5) is 1.13. The molecule has 0 bridgehead atoms. The summed E-state index contributed by atoms with van der Waals surface area (Å²) >= 11 is 5.12. The molecule has 0 saturated heterocycles. The summed E-state index contributed by atoms with van der Waals surface area (Å²) in [5.41, 5.74) is 0.762. The predicted molar refractivity (Wildman–Crippen MR) is 87.6 cm³/mol. The lowest BCUT2D eigenvalue weighted by Gasteiger charge is -2.18. The van der Waals surface area contributed by atoms with Crippen LogP contribution >= 0.6 is 27.7 Å². The normalized spacial score (nSPS) is 12.4. The molecule has 1 atom stereocenters. The number of rotatable bonds is 6. The highest BCUT2D eigenvalue weighted by Crippen LogP contribution is 2.27. The minimum absolute atomic E-state index is 0.0194. The molecule has 0 heterocycles. The van der Waals surface area contributed by atoms with Crippen molar-refractivity contribution in [1.82, 2.24) is 5.32 Å². The molecule has 2 rings (SSSR count). The second-order valence-corrected chi connectivity index (χ2v) is 6.56. The van der Waals surface area contributed by atoms with Crippen LogP contribution in [0.15, 0.2) is 51.8 Å². The molecule has 2 aromatic carbocycles. The summed E-state index contributed by atoms with van der Waals surface area (Å²) in [6.45, 7) is 2.76. The van der Waals surface area contributed by atoms with Crippen LogP contribution in [0.1, 0.15) is 18.5 Å². The fourth-order valence-electron chi connectivity index (χ4n) is 1.98. The Morgan fingerprint density at radius 3 is 2.62 bits per heavy atom. The Morgan fingerprint density at radius 1 is 1.14 bits per heavy atom. The van der Waals surface area contributed by atoms with Gasteiger partial charge in [-0.3, -0.25) is 0 Å². The van der Waals surface area contributed by atoms with E-state index in [0.29, 0.717) is 0 Å². The SMILES string of the molecule is CCNC(CSc1cccc(Br)c1)c1ccc(F)c(F)c1. The van der Waals surface area contributed by atoms with Gasteiger partial charge in [0.2, 0.25) is 0 Å². The number of nitrogens with one attached hydrogen (secondary N) is 1. The Morgan fingerprint density at radius 2 is 1.95 bits per heavy atom. The van der Waals surface area contributed by atoms with E-state index in [1.54, 1.807) is 17.8 Å². The third-order valence-electron chi connectivity index (χ3n) is 3.01. The Hall–Kier alpha value is -0.910. The lowest BCUT2D eigenvalue weighted by Crippen LogP contribution is -2.23. The fourth-order valence-corrected chi connectivity index (χ4v) is 3.59. The van der Waals surface area contributed by atoms with E-state index in [1.807, 2.05) is 31.2 Å². The lowest BCUT2D eigenvalue weighted by molar-refractivity contribution is 0.502. The highest BCUT2D eigenvalue weighted by Gasteiger charge is 2.13. The summed E-state index contributed by atoms with van der Waals surface area (Å²) in [5.74, 6) is -0.869. The molecule has 2 aromatic rings. The molecule has 0 aliphatic heterocycles. The van der Waals surface area contributed by atoms with Gasteiger partial charge < -0.3 is 5.32 Å². The summed E-state index contributed by atoms with van der Waals surface area (Å²) in [5, 5.41) is 3.31. The zero-order valence-corrected chi connectivity index (χ0v) is 14.0. The monoisotopic (exact) mass is 371 g/mol. The summed E-state index contributed by atoms with van der Waals surface area (Å²) in [6, 6.07) is 12.1. The van der Waals surface area contributed by atoms with E-state index < -0.39 is 11.6 Å². The maximum absolute atomic E-state index is 13.4. The zero-order chi connectivity index (χ0) is 15.2. The topological polar surface area (TPSA) is 12.0 Å². The molecule has 5 heteroatoms. The molecular formula is C16H16BrF2NS. The van der Waals surface area contributed by atoms with Gasteiger partial charge in [0.1, 0.15) is 0 Å². The smallest absolute Gasteiger partial charge is 0.159 e. The van der Waals surface area contributed by atoms with Crippen LogP contribution in [-0.4, -0.2) is 12.3 Å². The van der Waals surface area contributed by atoms with E-state index in [1.165, 1.54) is 12.1 Å². The average molecular weight is 372 g/mol. The predicted octanol–water partition coefficient (Wildman–Crippen LogP) is 5.17. The van der Waals surface area contributed by atoms with Gasteiger partial charge in [-0.25, -0.2) is 8.78 Å². The molecule has 1 N–H and O–H groups in total.